The number of rotatable bonds is 9. The molecule has 0 bridgehead atoms. The van der Waals surface area contributed by atoms with E-state index in [0.29, 0.717) is 29.6 Å². The van der Waals surface area contributed by atoms with Crippen LogP contribution in [0.1, 0.15) is 55.5 Å². The number of benzene rings is 2. The second-order valence-corrected chi connectivity index (χ2v) is 6.51. The fourth-order valence-corrected chi connectivity index (χ4v) is 2.54. The summed E-state index contributed by atoms with van der Waals surface area (Å²) in [5.41, 5.74) is 6.24. The zero-order valence-corrected chi connectivity index (χ0v) is 16.7. The summed E-state index contributed by atoms with van der Waals surface area (Å²) in [4.78, 5) is 24.1. The second-order valence-electron chi connectivity index (χ2n) is 6.51. The highest BCUT2D eigenvalue weighted by atomic mass is 16.5. The molecule has 0 aliphatic heterocycles. The van der Waals surface area contributed by atoms with E-state index in [9.17, 15) is 9.59 Å². The maximum Gasteiger partial charge on any atom is 0.276 e. The minimum absolute atomic E-state index is 0.183. The van der Waals surface area contributed by atoms with Crippen LogP contribution in [-0.2, 0) is 4.79 Å². The van der Waals surface area contributed by atoms with Gasteiger partial charge in [0.1, 0.15) is 11.5 Å². The Bertz CT molecular complexity index is 774. The van der Waals surface area contributed by atoms with Crippen LogP contribution < -0.4 is 20.3 Å². The Balaban J connectivity index is 1.82. The SMILES string of the molecule is CCCOc1ccc(C(=O)NNC(=O)COc2ccccc2C(C)CC)cc1. The Morgan fingerprint density at radius 1 is 0.964 bits per heavy atom. The summed E-state index contributed by atoms with van der Waals surface area (Å²) in [6.45, 7) is 6.68. The summed E-state index contributed by atoms with van der Waals surface area (Å²) in [7, 11) is 0. The summed E-state index contributed by atoms with van der Waals surface area (Å²) < 4.78 is 11.1. The lowest BCUT2D eigenvalue weighted by Crippen LogP contribution is -2.43. The Morgan fingerprint density at radius 3 is 2.36 bits per heavy atom. The van der Waals surface area contributed by atoms with Gasteiger partial charge in [-0.25, -0.2) is 0 Å². The second kappa shape index (κ2) is 11.0. The monoisotopic (exact) mass is 384 g/mol. The minimum Gasteiger partial charge on any atom is -0.494 e. The third-order valence-corrected chi connectivity index (χ3v) is 4.33. The van der Waals surface area contributed by atoms with Gasteiger partial charge in [-0.15, -0.1) is 0 Å². The van der Waals surface area contributed by atoms with Crippen molar-refractivity contribution in [3.8, 4) is 11.5 Å². The van der Waals surface area contributed by atoms with Crippen molar-refractivity contribution in [2.75, 3.05) is 13.2 Å². The molecule has 28 heavy (non-hydrogen) atoms. The zero-order valence-electron chi connectivity index (χ0n) is 16.7. The predicted molar refractivity (Wildman–Crippen MR) is 108 cm³/mol. The lowest BCUT2D eigenvalue weighted by Gasteiger charge is -2.15. The average molecular weight is 384 g/mol. The van der Waals surface area contributed by atoms with E-state index in [0.717, 1.165) is 18.4 Å². The Morgan fingerprint density at radius 2 is 1.68 bits per heavy atom. The molecule has 6 heteroatoms. The van der Waals surface area contributed by atoms with Gasteiger partial charge in [-0.1, -0.05) is 39.0 Å². The molecule has 2 amide bonds. The first-order valence-corrected chi connectivity index (χ1v) is 9.58. The van der Waals surface area contributed by atoms with E-state index >= 15 is 0 Å². The number of nitrogens with one attached hydrogen (secondary N) is 2. The highest BCUT2D eigenvalue weighted by Gasteiger charge is 2.12. The summed E-state index contributed by atoms with van der Waals surface area (Å²) in [5.74, 6) is 0.880. The molecule has 1 atom stereocenters. The predicted octanol–water partition coefficient (Wildman–Crippen LogP) is 3.83. The van der Waals surface area contributed by atoms with E-state index in [1.807, 2.05) is 31.2 Å². The van der Waals surface area contributed by atoms with Crippen molar-refractivity contribution in [2.45, 2.75) is 39.5 Å². The van der Waals surface area contributed by atoms with Crippen LogP contribution in [0.2, 0.25) is 0 Å². The zero-order chi connectivity index (χ0) is 20.4. The van der Waals surface area contributed by atoms with E-state index in [1.165, 1.54) is 0 Å². The van der Waals surface area contributed by atoms with Crippen molar-refractivity contribution in [3.05, 3.63) is 59.7 Å². The topological polar surface area (TPSA) is 76.7 Å². The van der Waals surface area contributed by atoms with Gasteiger partial charge in [0.25, 0.3) is 11.8 Å². The quantitative estimate of drug-likeness (QED) is 0.644. The molecule has 2 aromatic carbocycles. The highest BCUT2D eigenvalue weighted by molar-refractivity contribution is 5.95. The van der Waals surface area contributed by atoms with E-state index in [-0.39, 0.29) is 6.61 Å². The van der Waals surface area contributed by atoms with Crippen molar-refractivity contribution in [1.29, 1.82) is 0 Å². The Kier molecular flexibility index (Phi) is 8.34. The number of carbonyl (C=O) groups is 2. The van der Waals surface area contributed by atoms with Crippen LogP contribution in [0.3, 0.4) is 0 Å². The first kappa shape index (κ1) is 21.3. The standard InChI is InChI=1S/C22H28N2O4/c1-4-14-27-18-12-10-17(11-13-18)22(26)24-23-21(25)15-28-20-9-7-6-8-19(20)16(3)5-2/h6-13,16H,4-5,14-15H2,1-3H3,(H,23,25)(H,24,26). The van der Waals surface area contributed by atoms with E-state index in [4.69, 9.17) is 9.47 Å². The van der Waals surface area contributed by atoms with Crippen LogP contribution in [0, 0.1) is 0 Å². The first-order chi connectivity index (χ1) is 13.5. The highest BCUT2D eigenvalue weighted by Crippen LogP contribution is 2.28. The third-order valence-electron chi connectivity index (χ3n) is 4.33. The van der Waals surface area contributed by atoms with Crippen molar-refractivity contribution >= 4 is 11.8 Å². The van der Waals surface area contributed by atoms with Gasteiger partial charge < -0.3 is 9.47 Å². The molecule has 2 rings (SSSR count). The van der Waals surface area contributed by atoms with Crippen molar-refractivity contribution < 1.29 is 19.1 Å². The largest absolute Gasteiger partial charge is 0.494 e. The molecular weight excluding hydrogens is 356 g/mol. The summed E-state index contributed by atoms with van der Waals surface area (Å²) in [6, 6.07) is 14.4. The van der Waals surface area contributed by atoms with Crippen molar-refractivity contribution in [3.63, 3.8) is 0 Å². The number of hydrogen-bond donors (Lipinski definition) is 2. The number of hydrazine groups is 1. The molecule has 0 aliphatic carbocycles. The molecule has 0 heterocycles. The molecule has 0 aromatic heterocycles. The molecule has 0 aliphatic rings. The number of ether oxygens (including phenoxy) is 2. The van der Waals surface area contributed by atoms with Crippen LogP contribution in [0.4, 0.5) is 0 Å². The van der Waals surface area contributed by atoms with Gasteiger partial charge in [0.05, 0.1) is 6.61 Å². The van der Waals surface area contributed by atoms with Gasteiger partial charge in [-0.2, -0.15) is 0 Å². The van der Waals surface area contributed by atoms with Gasteiger partial charge >= 0.3 is 0 Å². The van der Waals surface area contributed by atoms with Crippen molar-refractivity contribution in [1.82, 2.24) is 10.9 Å². The number of para-hydroxylation sites is 1. The molecule has 1 unspecified atom stereocenters. The maximum atomic E-state index is 12.1. The van der Waals surface area contributed by atoms with Crippen LogP contribution in [-0.4, -0.2) is 25.0 Å². The smallest absolute Gasteiger partial charge is 0.276 e. The van der Waals surface area contributed by atoms with Gasteiger partial charge in [-0.05, 0) is 54.7 Å². The fourth-order valence-electron chi connectivity index (χ4n) is 2.54. The minimum atomic E-state index is -0.435. The summed E-state index contributed by atoms with van der Waals surface area (Å²) in [6.07, 6.45) is 1.89. The molecule has 2 N–H and O–H groups in total. The lowest BCUT2D eigenvalue weighted by atomic mass is 9.98. The van der Waals surface area contributed by atoms with Gasteiger partial charge in [0.2, 0.25) is 0 Å². The molecular formula is C22H28N2O4. The van der Waals surface area contributed by atoms with Crippen LogP contribution in [0.25, 0.3) is 0 Å². The molecule has 2 aromatic rings. The molecule has 0 saturated carbocycles. The van der Waals surface area contributed by atoms with Crippen LogP contribution in [0.15, 0.2) is 48.5 Å². The Hall–Kier alpha value is -3.02. The molecule has 0 saturated heterocycles. The maximum absolute atomic E-state index is 12.1. The van der Waals surface area contributed by atoms with Crippen LogP contribution >= 0.6 is 0 Å². The number of hydrogen-bond acceptors (Lipinski definition) is 4. The Labute approximate surface area is 166 Å². The molecule has 0 radical (unpaired) electrons. The van der Waals surface area contributed by atoms with Crippen LogP contribution in [0.5, 0.6) is 11.5 Å². The average Bonchev–Trinajstić information content (AvgIpc) is 2.74. The number of amides is 2. The molecule has 0 spiro atoms. The van der Waals surface area contributed by atoms with Gasteiger partial charge in [0.15, 0.2) is 6.61 Å². The normalized spacial score (nSPS) is 11.4. The van der Waals surface area contributed by atoms with E-state index < -0.39 is 11.8 Å². The van der Waals surface area contributed by atoms with Gasteiger partial charge in [0, 0.05) is 5.56 Å². The van der Waals surface area contributed by atoms with Crippen molar-refractivity contribution in [2.24, 2.45) is 0 Å². The molecule has 150 valence electrons. The molecule has 0 fully saturated rings. The molecule has 6 nitrogen and oxygen atoms in total. The summed E-state index contributed by atoms with van der Waals surface area (Å²) in [5, 5.41) is 0. The van der Waals surface area contributed by atoms with E-state index in [1.54, 1.807) is 24.3 Å². The third kappa shape index (κ3) is 6.30. The summed E-state index contributed by atoms with van der Waals surface area (Å²) >= 11 is 0. The van der Waals surface area contributed by atoms with E-state index in [2.05, 4.69) is 24.7 Å². The number of carbonyl (C=O) groups excluding carboxylic acids is 2. The first-order valence-electron chi connectivity index (χ1n) is 9.58. The lowest BCUT2D eigenvalue weighted by molar-refractivity contribution is -0.123. The van der Waals surface area contributed by atoms with Gasteiger partial charge in [-0.3, -0.25) is 20.4 Å². The fraction of sp³-hybridized carbons (Fsp3) is 0.364.